The van der Waals surface area contributed by atoms with E-state index in [4.69, 9.17) is 9.40 Å². The summed E-state index contributed by atoms with van der Waals surface area (Å²) in [5.74, 6) is 0.286. The molecule has 0 fully saturated rings. The van der Waals surface area contributed by atoms with Gasteiger partial charge in [-0.05, 0) is 64.1 Å². The Balaban J connectivity index is 0.000000242. The van der Waals surface area contributed by atoms with Gasteiger partial charge in [0, 0.05) is 59.7 Å². The van der Waals surface area contributed by atoms with Gasteiger partial charge in [-0.15, -0.1) is 34.9 Å². The third kappa shape index (κ3) is 7.01. The van der Waals surface area contributed by atoms with Gasteiger partial charge >= 0.3 is 0 Å². The molecule has 0 aliphatic rings. The monoisotopic (exact) mass is 845 g/mol. The van der Waals surface area contributed by atoms with Crippen LogP contribution in [0.1, 0.15) is 93.6 Å². The maximum absolute atomic E-state index is 12.2. The van der Waals surface area contributed by atoms with Gasteiger partial charge in [0.15, 0.2) is 11.4 Å². The number of ketones is 1. The second-order valence-electron chi connectivity index (χ2n) is 13.9. The summed E-state index contributed by atoms with van der Waals surface area (Å²) in [6, 6.07) is 16.5. The number of allylic oxidation sites excluding steroid dienone is 2. The van der Waals surface area contributed by atoms with Crippen molar-refractivity contribution in [3.63, 3.8) is 0 Å². The molecule has 0 unspecified atom stereocenters. The number of nitrogens with zero attached hydrogens (tertiary/aromatic N) is 1. The molecule has 4 nitrogen and oxygen atoms in total. The van der Waals surface area contributed by atoms with Crippen LogP contribution in [-0.4, -0.2) is 15.9 Å². The molecule has 0 atom stereocenters. The third-order valence-electron chi connectivity index (χ3n) is 10.1. The van der Waals surface area contributed by atoms with Crippen molar-refractivity contribution in [2.45, 2.75) is 93.4 Å². The van der Waals surface area contributed by atoms with Crippen molar-refractivity contribution in [3.8, 4) is 11.3 Å². The molecular formula is C40H46IrNO3S2-. The van der Waals surface area contributed by atoms with Crippen LogP contribution in [0, 0.1) is 16.9 Å². The number of carbonyl (C=O) groups is 1. The van der Waals surface area contributed by atoms with Crippen molar-refractivity contribution in [3.05, 3.63) is 76.8 Å². The number of hydrogen-bond acceptors (Lipinski definition) is 6. The predicted octanol–water partition coefficient (Wildman–Crippen LogP) is 12.8. The Morgan fingerprint density at radius 2 is 1.53 bits per heavy atom. The summed E-state index contributed by atoms with van der Waals surface area (Å²) in [7, 11) is 0. The van der Waals surface area contributed by atoms with Crippen LogP contribution in [0.25, 0.3) is 53.4 Å². The first-order valence-electron chi connectivity index (χ1n) is 16.4. The molecule has 7 heteroatoms. The quantitative estimate of drug-likeness (QED) is 0.0942. The van der Waals surface area contributed by atoms with Crippen LogP contribution in [0.4, 0.5) is 0 Å². The van der Waals surface area contributed by atoms with E-state index in [0.717, 1.165) is 64.3 Å². The number of aromatic nitrogens is 1. The second-order valence-corrected chi connectivity index (χ2v) is 15.7. The Morgan fingerprint density at radius 3 is 2.17 bits per heavy atom. The molecule has 0 bridgehead atoms. The minimum Gasteiger partial charge on any atom is -0.512 e. The molecule has 0 saturated carbocycles. The van der Waals surface area contributed by atoms with Crippen LogP contribution in [0.15, 0.2) is 69.6 Å². The van der Waals surface area contributed by atoms with E-state index < -0.39 is 0 Å². The van der Waals surface area contributed by atoms with Gasteiger partial charge in [0.05, 0.1) is 4.70 Å². The van der Waals surface area contributed by atoms with E-state index in [1.807, 2.05) is 53.8 Å². The number of hydrogen-bond donors (Lipinski definition) is 1. The fraction of sp³-hybridized carbons (Fsp3) is 0.400. The van der Waals surface area contributed by atoms with Gasteiger partial charge in [-0.3, -0.25) is 9.78 Å². The molecule has 47 heavy (non-hydrogen) atoms. The Kier molecular flexibility index (Phi) is 11.3. The number of benzene rings is 2. The van der Waals surface area contributed by atoms with E-state index >= 15 is 0 Å². The number of pyridine rings is 1. The van der Waals surface area contributed by atoms with E-state index in [0.29, 0.717) is 0 Å². The standard InChI is InChI=1S/C25H18NOS2.C15H28O2.Ir/c1-25(2,3)18-13-16(12-15-8-11-28-23(15)18)21-20-17-5-4-14-7-10-29-24(14)22(17)27-19(20)6-9-26-21;1-7-14(5,8-2)12(16)11-13(17)15(6,9-3)10-4;/h4-11,13H,1-3H3;11,16H,7-10H2,1-6H3;/q-1;;/b;12-11-;. The first-order chi connectivity index (χ1) is 21.8. The van der Waals surface area contributed by atoms with Crippen molar-refractivity contribution in [1.82, 2.24) is 4.98 Å². The molecule has 0 aliphatic carbocycles. The maximum atomic E-state index is 12.2. The molecule has 0 aliphatic heterocycles. The smallest absolute Gasteiger partial charge is 0.164 e. The Morgan fingerprint density at radius 1 is 0.894 bits per heavy atom. The Bertz CT molecular complexity index is 2050. The van der Waals surface area contributed by atoms with Crippen LogP contribution in [0.2, 0.25) is 0 Å². The fourth-order valence-corrected chi connectivity index (χ4v) is 7.74. The molecule has 0 saturated heterocycles. The normalized spacial score (nSPS) is 12.8. The summed E-state index contributed by atoms with van der Waals surface area (Å²) in [5, 5.41) is 19.0. The van der Waals surface area contributed by atoms with Gasteiger partial charge < -0.3 is 9.52 Å². The average Bonchev–Trinajstić information content (AvgIpc) is 3.81. The summed E-state index contributed by atoms with van der Waals surface area (Å²) < 4.78 is 8.82. The summed E-state index contributed by atoms with van der Waals surface area (Å²) in [6.45, 7) is 18.9. The fourth-order valence-electron chi connectivity index (χ4n) is 5.78. The predicted molar refractivity (Wildman–Crippen MR) is 198 cm³/mol. The molecule has 4 aromatic heterocycles. The van der Waals surface area contributed by atoms with Crippen molar-refractivity contribution in [2.75, 3.05) is 0 Å². The minimum absolute atomic E-state index is 0. The van der Waals surface area contributed by atoms with E-state index in [1.54, 1.807) is 22.7 Å². The topological polar surface area (TPSA) is 63.3 Å². The SMILES string of the molecule is CC(C)(C)c1cc(-c2nccc3oc4c(ccc5ccsc54)c23)[c-]c2ccsc12.CCC(C)(CC)C(=O)/C=C(\O)C(C)(CC)CC.[Ir]. The summed E-state index contributed by atoms with van der Waals surface area (Å²) >= 11 is 3.51. The van der Waals surface area contributed by atoms with Gasteiger partial charge in [-0.2, -0.15) is 11.3 Å². The average molecular weight is 845 g/mol. The van der Waals surface area contributed by atoms with Gasteiger partial charge in [0.2, 0.25) is 0 Å². The number of aliphatic hydroxyl groups is 1. The largest absolute Gasteiger partial charge is 0.512 e. The molecule has 2 aromatic carbocycles. The molecule has 1 N–H and O–H groups in total. The number of rotatable bonds is 8. The number of fused-ring (bicyclic) bond motifs is 6. The van der Waals surface area contributed by atoms with Gasteiger partial charge in [0.1, 0.15) is 11.3 Å². The van der Waals surface area contributed by atoms with Crippen LogP contribution >= 0.6 is 22.7 Å². The van der Waals surface area contributed by atoms with Gasteiger partial charge in [0.25, 0.3) is 0 Å². The maximum Gasteiger partial charge on any atom is 0.164 e. The zero-order chi connectivity index (χ0) is 33.4. The van der Waals surface area contributed by atoms with E-state index in [1.165, 1.54) is 26.4 Å². The molecule has 1 radical (unpaired) electrons. The van der Waals surface area contributed by atoms with Crippen molar-refractivity contribution < 1.29 is 34.4 Å². The summed E-state index contributed by atoms with van der Waals surface area (Å²) in [6.07, 6.45) is 6.60. The van der Waals surface area contributed by atoms with E-state index in [2.05, 4.69) is 67.9 Å². The van der Waals surface area contributed by atoms with Crippen LogP contribution < -0.4 is 0 Å². The first kappa shape index (κ1) is 37.0. The minimum atomic E-state index is -0.337. The Hall–Kier alpha value is -2.83. The molecule has 251 valence electrons. The van der Waals surface area contributed by atoms with Crippen molar-refractivity contribution in [2.24, 2.45) is 10.8 Å². The third-order valence-corrected chi connectivity index (χ3v) is 12.0. The number of carbonyl (C=O) groups excluding carboxylic acids is 1. The van der Waals surface area contributed by atoms with Crippen LogP contribution in [0.3, 0.4) is 0 Å². The van der Waals surface area contributed by atoms with Crippen molar-refractivity contribution in [1.29, 1.82) is 0 Å². The first-order valence-corrected chi connectivity index (χ1v) is 18.1. The molecule has 6 rings (SSSR count). The molecule has 6 aromatic rings. The number of furan rings is 1. The van der Waals surface area contributed by atoms with E-state index in [9.17, 15) is 9.90 Å². The zero-order valence-electron chi connectivity index (χ0n) is 29.0. The Labute approximate surface area is 300 Å². The zero-order valence-corrected chi connectivity index (χ0v) is 33.0. The summed E-state index contributed by atoms with van der Waals surface area (Å²) in [5.41, 5.74) is 4.58. The molecule has 0 spiro atoms. The van der Waals surface area contributed by atoms with Crippen molar-refractivity contribution >= 4 is 70.6 Å². The molecular weight excluding hydrogens is 799 g/mol. The second kappa shape index (κ2) is 14.3. The van der Waals surface area contributed by atoms with Gasteiger partial charge in [-0.25, -0.2) is 0 Å². The summed E-state index contributed by atoms with van der Waals surface area (Å²) in [4.78, 5) is 17.0. The molecule has 4 heterocycles. The molecule has 0 amide bonds. The number of thiophene rings is 2. The number of aliphatic hydroxyl groups excluding tert-OH is 1. The van der Waals surface area contributed by atoms with E-state index in [-0.39, 0.29) is 47.9 Å². The van der Waals surface area contributed by atoms with Gasteiger partial charge in [-0.1, -0.05) is 85.6 Å². The van der Waals surface area contributed by atoms with Crippen LogP contribution in [0.5, 0.6) is 0 Å². The van der Waals surface area contributed by atoms with Crippen LogP contribution in [-0.2, 0) is 30.3 Å².